The zero-order valence-electron chi connectivity index (χ0n) is 11.2. The molecule has 0 aromatic heterocycles. The summed E-state index contributed by atoms with van der Waals surface area (Å²) in [4.78, 5) is 0. The van der Waals surface area contributed by atoms with Crippen molar-refractivity contribution in [3.05, 3.63) is 69.0 Å². The second kappa shape index (κ2) is 5.32. The molecule has 1 nitrogen and oxygen atoms in total. The van der Waals surface area contributed by atoms with Gasteiger partial charge in [0.2, 0.25) is 0 Å². The SMILES string of the molecule is Cc1cc(C)c(C(O)c2cc(F)ccc2Cl)c(C)c1. The number of rotatable bonds is 2. The summed E-state index contributed by atoms with van der Waals surface area (Å²) in [5, 5.41) is 10.9. The van der Waals surface area contributed by atoms with Crippen LogP contribution in [0.2, 0.25) is 5.02 Å². The van der Waals surface area contributed by atoms with Crippen LogP contribution in [-0.4, -0.2) is 5.11 Å². The van der Waals surface area contributed by atoms with E-state index in [2.05, 4.69) is 0 Å². The number of hydrogen-bond acceptors (Lipinski definition) is 1. The molecule has 0 heterocycles. The molecule has 0 aliphatic heterocycles. The van der Waals surface area contributed by atoms with Crippen molar-refractivity contribution in [1.82, 2.24) is 0 Å². The summed E-state index contributed by atoms with van der Waals surface area (Å²) < 4.78 is 13.3. The van der Waals surface area contributed by atoms with Crippen molar-refractivity contribution >= 4 is 11.6 Å². The molecule has 0 aliphatic carbocycles. The summed E-state index contributed by atoms with van der Waals surface area (Å²) in [5.74, 6) is -0.402. The summed E-state index contributed by atoms with van der Waals surface area (Å²) in [5.41, 5.74) is 4.28. The van der Waals surface area contributed by atoms with Gasteiger partial charge in [0, 0.05) is 10.6 Å². The Morgan fingerprint density at radius 3 is 2.21 bits per heavy atom. The molecule has 2 aromatic carbocycles. The maximum absolute atomic E-state index is 13.3. The molecule has 0 fully saturated rings. The number of aliphatic hydroxyl groups excluding tert-OH is 1. The van der Waals surface area contributed by atoms with Crippen molar-refractivity contribution < 1.29 is 9.50 Å². The van der Waals surface area contributed by atoms with Gasteiger partial charge in [0.25, 0.3) is 0 Å². The summed E-state index contributed by atoms with van der Waals surface area (Å²) in [6, 6.07) is 8.03. The lowest BCUT2D eigenvalue weighted by Gasteiger charge is -2.19. The number of halogens is 2. The molecule has 100 valence electrons. The van der Waals surface area contributed by atoms with Crippen LogP contribution in [0.25, 0.3) is 0 Å². The Morgan fingerprint density at radius 1 is 1.05 bits per heavy atom. The number of hydrogen-bond donors (Lipinski definition) is 1. The zero-order chi connectivity index (χ0) is 14.2. The minimum Gasteiger partial charge on any atom is -0.384 e. The first kappa shape index (κ1) is 14.0. The van der Waals surface area contributed by atoms with Crippen LogP contribution in [0.15, 0.2) is 30.3 Å². The van der Waals surface area contributed by atoms with E-state index < -0.39 is 11.9 Å². The Labute approximate surface area is 117 Å². The Bertz CT molecular complexity index is 599. The van der Waals surface area contributed by atoms with Crippen LogP contribution >= 0.6 is 11.6 Å². The molecule has 3 heteroatoms. The molecule has 0 spiro atoms. The predicted octanol–water partition coefficient (Wildman–Crippen LogP) is 4.49. The van der Waals surface area contributed by atoms with Gasteiger partial charge in [-0.2, -0.15) is 0 Å². The van der Waals surface area contributed by atoms with Gasteiger partial charge in [-0.3, -0.25) is 0 Å². The minimum atomic E-state index is -0.913. The van der Waals surface area contributed by atoms with E-state index in [1.165, 1.54) is 18.2 Å². The third-order valence-electron chi connectivity index (χ3n) is 3.26. The largest absolute Gasteiger partial charge is 0.384 e. The second-order valence-electron chi connectivity index (χ2n) is 4.88. The zero-order valence-corrected chi connectivity index (χ0v) is 11.9. The van der Waals surface area contributed by atoms with Crippen molar-refractivity contribution in [3.63, 3.8) is 0 Å². The van der Waals surface area contributed by atoms with Crippen LogP contribution in [0.3, 0.4) is 0 Å². The van der Waals surface area contributed by atoms with Crippen molar-refractivity contribution in [2.24, 2.45) is 0 Å². The van der Waals surface area contributed by atoms with Gasteiger partial charge in [-0.05, 0) is 55.7 Å². The Morgan fingerprint density at radius 2 is 1.63 bits per heavy atom. The van der Waals surface area contributed by atoms with Gasteiger partial charge in [-0.1, -0.05) is 29.3 Å². The molecule has 1 N–H and O–H groups in total. The molecular formula is C16H16ClFO. The standard InChI is InChI=1S/C16H16ClFO/c1-9-6-10(2)15(11(3)7-9)16(19)13-8-12(18)4-5-14(13)17/h4-8,16,19H,1-3H3. The summed E-state index contributed by atoms with van der Waals surface area (Å²) in [6.45, 7) is 5.88. The summed E-state index contributed by atoms with van der Waals surface area (Å²) >= 11 is 6.05. The summed E-state index contributed by atoms with van der Waals surface area (Å²) in [7, 11) is 0. The van der Waals surface area contributed by atoms with Crippen molar-refractivity contribution in [3.8, 4) is 0 Å². The van der Waals surface area contributed by atoms with Crippen LogP contribution in [-0.2, 0) is 0 Å². The van der Waals surface area contributed by atoms with Gasteiger partial charge in [0.15, 0.2) is 0 Å². The van der Waals surface area contributed by atoms with Gasteiger partial charge in [0.05, 0.1) is 0 Å². The lowest BCUT2D eigenvalue weighted by Crippen LogP contribution is -2.06. The smallest absolute Gasteiger partial charge is 0.123 e. The van der Waals surface area contributed by atoms with Crippen molar-refractivity contribution in [2.75, 3.05) is 0 Å². The molecule has 0 aliphatic rings. The molecule has 19 heavy (non-hydrogen) atoms. The lowest BCUT2D eigenvalue weighted by atomic mass is 9.92. The Balaban J connectivity index is 2.56. The molecule has 1 unspecified atom stereocenters. The van der Waals surface area contributed by atoms with E-state index >= 15 is 0 Å². The fourth-order valence-electron chi connectivity index (χ4n) is 2.50. The van der Waals surface area contributed by atoms with E-state index in [-0.39, 0.29) is 0 Å². The maximum atomic E-state index is 13.3. The molecule has 0 amide bonds. The predicted molar refractivity (Wildman–Crippen MR) is 76.1 cm³/mol. The highest BCUT2D eigenvalue weighted by molar-refractivity contribution is 6.31. The fourth-order valence-corrected chi connectivity index (χ4v) is 2.72. The van der Waals surface area contributed by atoms with Gasteiger partial charge in [0.1, 0.15) is 11.9 Å². The van der Waals surface area contributed by atoms with Gasteiger partial charge in [-0.25, -0.2) is 4.39 Å². The van der Waals surface area contributed by atoms with Gasteiger partial charge in [-0.15, -0.1) is 0 Å². The topological polar surface area (TPSA) is 20.2 Å². The molecule has 2 aromatic rings. The second-order valence-corrected chi connectivity index (χ2v) is 5.29. The molecule has 2 rings (SSSR count). The van der Waals surface area contributed by atoms with Crippen molar-refractivity contribution in [1.29, 1.82) is 0 Å². The molecular weight excluding hydrogens is 263 g/mol. The van der Waals surface area contributed by atoms with E-state index in [1.807, 2.05) is 32.9 Å². The van der Waals surface area contributed by atoms with Crippen LogP contribution in [0.5, 0.6) is 0 Å². The average Bonchev–Trinajstić information content (AvgIpc) is 2.30. The quantitative estimate of drug-likeness (QED) is 0.858. The molecule has 0 bridgehead atoms. The minimum absolute atomic E-state index is 0.369. The molecule has 0 saturated carbocycles. The third kappa shape index (κ3) is 2.80. The summed E-state index contributed by atoms with van der Waals surface area (Å²) in [6.07, 6.45) is -0.913. The van der Waals surface area contributed by atoms with E-state index in [9.17, 15) is 9.50 Å². The first-order chi connectivity index (χ1) is 8.90. The first-order valence-corrected chi connectivity index (χ1v) is 6.48. The first-order valence-electron chi connectivity index (χ1n) is 6.11. The highest BCUT2D eigenvalue weighted by Gasteiger charge is 2.19. The maximum Gasteiger partial charge on any atom is 0.123 e. The van der Waals surface area contributed by atoms with E-state index in [1.54, 1.807) is 0 Å². The third-order valence-corrected chi connectivity index (χ3v) is 3.61. The van der Waals surface area contributed by atoms with Crippen LogP contribution < -0.4 is 0 Å². The lowest BCUT2D eigenvalue weighted by molar-refractivity contribution is 0.218. The van der Waals surface area contributed by atoms with Crippen LogP contribution in [0.4, 0.5) is 4.39 Å². The van der Waals surface area contributed by atoms with Gasteiger partial charge < -0.3 is 5.11 Å². The molecule has 0 saturated heterocycles. The van der Waals surface area contributed by atoms with Crippen LogP contribution in [0.1, 0.15) is 33.9 Å². The Kier molecular flexibility index (Phi) is 3.93. The van der Waals surface area contributed by atoms with E-state index in [0.717, 1.165) is 22.3 Å². The van der Waals surface area contributed by atoms with Crippen molar-refractivity contribution in [2.45, 2.75) is 26.9 Å². The van der Waals surface area contributed by atoms with E-state index in [4.69, 9.17) is 11.6 Å². The molecule has 0 radical (unpaired) electrons. The number of benzene rings is 2. The number of aliphatic hydroxyl groups is 1. The highest BCUT2D eigenvalue weighted by atomic mass is 35.5. The molecule has 1 atom stereocenters. The Hall–Kier alpha value is -1.38. The average molecular weight is 279 g/mol. The monoisotopic (exact) mass is 278 g/mol. The highest BCUT2D eigenvalue weighted by Crippen LogP contribution is 2.32. The van der Waals surface area contributed by atoms with Gasteiger partial charge >= 0.3 is 0 Å². The fraction of sp³-hybridized carbons (Fsp3) is 0.250. The normalized spacial score (nSPS) is 12.5. The number of aryl methyl sites for hydroxylation is 3. The van der Waals surface area contributed by atoms with E-state index in [0.29, 0.717) is 10.6 Å². The van der Waals surface area contributed by atoms with Crippen LogP contribution in [0, 0.1) is 26.6 Å².